The first-order chi connectivity index (χ1) is 13.6. The average Bonchev–Trinajstić information content (AvgIpc) is 2.67. The number of nitrogens with two attached hydrogens (primary N) is 1. The third-order valence-corrected chi connectivity index (χ3v) is 5.81. The van der Waals surface area contributed by atoms with Gasteiger partial charge in [-0.25, -0.2) is 17.2 Å². The zero-order valence-electron chi connectivity index (χ0n) is 15.9. The molecule has 156 valence electrons. The van der Waals surface area contributed by atoms with E-state index in [1.807, 2.05) is 0 Å². The molecule has 29 heavy (non-hydrogen) atoms. The first-order valence-electron chi connectivity index (χ1n) is 8.70. The summed E-state index contributed by atoms with van der Waals surface area (Å²) in [4.78, 5) is 24.7. The maximum Gasteiger partial charge on any atom is 0.248 e. The molecule has 2 rings (SSSR count). The maximum atomic E-state index is 13.9. The Morgan fingerprint density at radius 3 is 2.14 bits per heavy atom. The van der Waals surface area contributed by atoms with Crippen LogP contribution in [0.15, 0.2) is 47.4 Å². The summed E-state index contributed by atoms with van der Waals surface area (Å²) >= 11 is 0. The molecule has 0 fully saturated rings. The van der Waals surface area contributed by atoms with Crippen molar-refractivity contribution in [2.24, 2.45) is 5.73 Å². The Morgan fingerprint density at radius 2 is 1.66 bits per heavy atom. The average molecular weight is 425 g/mol. The lowest BCUT2D eigenvalue weighted by Crippen LogP contribution is -2.46. The Bertz CT molecular complexity index is 990. The van der Waals surface area contributed by atoms with Gasteiger partial charge in [0.25, 0.3) is 0 Å². The zero-order valence-corrected chi connectivity index (χ0v) is 16.7. The van der Waals surface area contributed by atoms with Crippen LogP contribution in [0.25, 0.3) is 0 Å². The van der Waals surface area contributed by atoms with Crippen LogP contribution in [-0.2, 0) is 21.4 Å². The van der Waals surface area contributed by atoms with E-state index in [-0.39, 0.29) is 29.1 Å². The lowest BCUT2D eigenvalue weighted by molar-refractivity contribution is -0.133. The van der Waals surface area contributed by atoms with Crippen LogP contribution in [-0.4, -0.2) is 37.7 Å². The number of benzene rings is 2. The van der Waals surface area contributed by atoms with E-state index in [9.17, 15) is 26.8 Å². The smallest absolute Gasteiger partial charge is 0.248 e. The number of rotatable bonds is 8. The fourth-order valence-corrected chi connectivity index (χ4v) is 3.84. The van der Waals surface area contributed by atoms with Gasteiger partial charge >= 0.3 is 0 Å². The molecule has 0 saturated heterocycles. The largest absolute Gasteiger partial charge is 0.366 e. The van der Waals surface area contributed by atoms with Crippen LogP contribution in [0.5, 0.6) is 0 Å². The first-order valence-corrected chi connectivity index (χ1v) is 10.2. The first kappa shape index (κ1) is 22.4. The van der Waals surface area contributed by atoms with Crippen molar-refractivity contribution in [3.05, 3.63) is 65.2 Å². The van der Waals surface area contributed by atoms with Crippen LogP contribution in [0, 0.1) is 11.6 Å². The number of amides is 2. The second kappa shape index (κ2) is 9.10. The number of hydrogen-bond donors (Lipinski definition) is 2. The van der Waals surface area contributed by atoms with Crippen LogP contribution in [0.3, 0.4) is 0 Å². The molecule has 0 heterocycles. The molecule has 0 aliphatic heterocycles. The van der Waals surface area contributed by atoms with Crippen molar-refractivity contribution < 1.29 is 26.8 Å². The molecule has 2 aromatic rings. The fraction of sp³-hybridized carbons (Fsp3) is 0.263. The molecule has 10 heteroatoms. The molecule has 2 amide bonds. The summed E-state index contributed by atoms with van der Waals surface area (Å²) in [5.41, 5.74) is 4.98. The molecule has 0 aromatic heterocycles. The Morgan fingerprint density at radius 1 is 1.10 bits per heavy atom. The third-order valence-electron chi connectivity index (χ3n) is 4.26. The van der Waals surface area contributed by atoms with Gasteiger partial charge in [0.15, 0.2) is 0 Å². The monoisotopic (exact) mass is 425 g/mol. The normalized spacial score (nSPS) is 12.4. The summed E-state index contributed by atoms with van der Waals surface area (Å²) in [6, 6.07) is 7.07. The molecule has 7 nitrogen and oxygen atoms in total. The van der Waals surface area contributed by atoms with Crippen molar-refractivity contribution in [2.45, 2.75) is 31.3 Å². The van der Waals surface area contributed by atoms with E-state index >= 15 is 0 Å². The minimum absolute atomic E-state index is 0.117. The summed E-state index contributed by atoms with van der Waals surface area (Å²) in [5, 5.41) is 0. The van der Waals surface area contributed by atoms with Crippen molar-refractivity contribution in [1.29, 1.82) is 0 Å². The number of carbonyl (C=O) groups excluding carboxylic acids is 2. The Hall–Kier alpha value is -2.85. The maximum absolute atomic E-state index is 13.9. The van der Waals surface area contributed by atoms with Gasteiger partial charge in [0.05, 0.1) is 17.5 Å². The molecule has 0 saturated carbocycles. The highest BCUT2D eigenvalue weighted by Gasteiger charge is 2.26. The second-order valence-corrected chi connectivity index (χ2v) is 8.00. The van der Waals surface area contributed by atoms with E-state index in [0.29, 0.717) is 0 Å². The van der Waals surface area contributed by atoms with Crippen LogP contribution in [0.4, 0.5) is 8.78 Å². The molecule has 0 bridgehead atoms. The highest BCUT2D eigenvalue weighted by atomic mass is 32.2. The lowest BCUT2D eigenvalue weighted by Gasteiger charge is -2.25. The molecule has 0 aliphatic rings. The number of primary amides is 1. The van der Waals surface area contributed by atoms with Gasteiger partial charge in [-0.3, -0.25) is 9.59 Å². The fourth-order valence-electron chi connectivity index (χ4n) is 2.64. The summed E-state index contributed by atoms with van der Waals surface area (Å²) in [6.45, 7) is 2.72. The highest BCUT2D eigenvalue weighted by molar-refractivity contribution is 7.89. The van der Waals surface area contributed by atoms with Gasteiger partial charge in [0.2, 0.25) is 21.8 Å². The van der Waals surface area contributed by atoms with Crippen molar-refractivity contribution in [3.8, 4) is 0 Å². The number of hydrogen-bond acceptors (Lipinski definition) is 4. The lowest BCUT2D eigenvalue weighted by atomic mass is 10.1. The van der Waals surface area contributed by atoms with E-state index in [1.54, 1.807) is 6.92 Å². The molecule has 0 radical (unpaired) electrons. The number of halogens is 2. The summed E-state index contributed by atoms with van der Waals surface area (Å²) < 4.78 is 54.9. The van der Waals surface area contributed by atoms with E-state index in [0.717, 1.165) is 17.0 Å². The number of sulfonamides is 1. The molecular formula is C19H21F2N3O4S. The number of likely N-dealkylation sites (N-methyl/N-ethyl adjacent to an activating group) is 1. The molecule has 0 unspecified atom stereocenters. The van der Waals surface area contributed by atoms with Crippen molar-refractivity contribution in [3.63, 3.8) is 0 Å². The third kappa shape index (κ3) is 5.36. The number of nitrogens with one attached hydrogen (secondary N) is 1. The highest BCUT2D eigenvalue weighted by Crippen LogP contribution is 2.16. The quantitative estimate of drug-likeness (QED) is 0.672. The Balaban J connectivity index is 2.16. The van der Waals surface area contributed by atoms with Crippen LogP contribution in [0.1, 0.15) is 29.8 Å². The van der Waals surface area contributed by atoms with Gasteiger partial charge in [0.1, 0.15) is 11.6 Å². The topological polar surface area (TPSA) is 110 Å². The molecule has 3 N–H and O–H groups in total. The van der Waals surface area contributed by atoms with Crippen LogP contribution < -0.4 is 10.5 Å². The van der Waals surface area contributed by atoms with E-state index in [4.69, 9.17) is 5.73 Å². The van der Waals surface area contributed by atoms with Crippen molar-refractivity contribution in [2.75, 3.05) is 6.54 Å². The molecular weight excluding hydrogens is 404 g/mol. The summed E-state index contributed by atoms with van der Waals surface area (Å²) in [5.74, 6) is -2.94. The van der Waals surface area contributed by atoms with Gasteiger partial charge in [-0.2, -0.15) is 4.72 Å². The Labute approximate surface area is 167 Å². The summed E-state index contributed by atoms with van der Waals surface area (Å²) in [6.07, 6.45) is 0. The molecule has 2 aromatic carbocycles. The predicted molar refractivity (Wildman–Crippen MR) is 102 cm³/mol. The van der Waals surface area contributed by atoms with Gasteiger partial charge in [-0.05, 0) is 50.2 Å². The Kier molecular flexibility index (Phi) is 7.04. The zero-order chi connectivity index (χ0) is 21.8. The van der Waals surface area contributed by atoms with E-state index in [1.165, 1.54) is 37.3 Å². The SMILES string of the molecule is CCN(Cc1c(F)cccc1F)C(=O)[C@@H](C)NS(=O)(=O)c1ccc(C(N)=O)cc1. The number of nitrogens with zero attached hydrogens (tertiary/aromatic N) is 1. The molecule has 0 aliphatic carbocycles. The van der Waals surface area contributed by atoms with Gasteiger partial charge in [-0.15, -0.1) is 0 Å². The van der Waals surface area contributed by atoms with Gasteiger partial charge in [-0.1, -0.05) is 6.07 Å². The van der Waals surface area contributed by atoms with Crippen LogP contribution >= 0.6 is 0 Å². The molecule has 1 atom stereocenters. The number of carbonyl (C=O) groups is 2. The van der Waals surface area contributed by atoms with Crippen molar-refractivity contribution >= 4 is 21.8 Å². The summed E-state index contributed by atoms with van der Waals surface area (Å²) in [7, 11) is -4.08. The van der Waals surface area contributed by atoms with E-state index in [2.05, 4.69) is 4.72 Å². The van der Waals surface area contributed by atoms with E-state index < -0.39 is 39.5 Å². The van der Waals surface area contributed by atoms with Crippen LogP contribution in [0.2, 0.25) is 0 Å². The minimum Gasteiger partial charge on any atom is -0.366 e. The van der Waals surface area contributed by atoms with Gasteiger partial charge < -0.3 is 10.6 Å². The predicted octanol–water partition coefficient (Wildman–Crippen LogP) is 1.78. The standard InChI is InChI=1S/C19H21F2N3O4S/c1-3-24(11-15-16(20)5-4-6-17(15)21)19(26)12(2)23-29(27,28)14-9-7-13(8-10-14)18(22)25/h4-10,12,23H,3,11H2,1-2H3,(H2,22,25)/t12-/m1/s1. The second-order valence-electron chi connectivity index (χ2n) is 6.28. The van der Waals surface area contributed by atoms with Crippen molar-refractivity contribution in [1.82, 2.24) is 9.62 Å². The minimum atomic E-state index is -4.08. The molecule has 0 spiro atoms. The van der Waals surface area contributed by atoms with Gasteiger partial charge in [0, 0.05) is 17.7 Å².